The third kappa shape index (κ3) is 3.76. The Balaban J connectivity index is 1.66. The molecule has 1 fully saturated rings. The zero-order valence-corrected chi connectivity index (χ0v) is 13.5. The Morgan fingerprint density at radius 1 is 1.30 bits per heavy atom. The molecule has 0 spiro atoms. The lowest BCUT2D eigenvalue weighted by Crippen LogP contribution is -2.39. The molecule has 3 rings (SSSR count). The summed E-state index contributed by atoms with van der Waals surface area (Å²) in [5.74, 6) is 0.818. The summed E-state index contributed by atoms with van der Waals surface area (Å²) in [5, 5.41) is 13.6. The molecule has 2 aliphatic heterocycles. The summed E-state index contributed by atoms with van der Waals surface area (Å²) in [5.41, 5.74) is -0.698. The molecular weight excluding hydrogens is 319 g/mol. The first-order valence-corrected chi connectivity index (χ1v) is 9.14. The van der Waals surface area contributed by atoms with E-state index < -0.39 is 22.3 Å². The van der Waals surface area contributed by atoms with Gasteiger partial charge < -0.3 is 14.6 Å². The van der Waals surface area contributed by atoms with E-state index in [2.05, 4.69) is 0 Å². The summed E-state index contributed by atoms with van der Waals surface area (Å²) < 4.78 is 23.9. The molecule has 2 aliphatic rings. The van der Waals surface area contributed by atoms with E-state index in [9.17, 15) is 14.3 Å². The summed E-state index contributed by atoms with van der Waals surface area (Å²) in [4.78, 5) is 11.7. The van der Waals surface area contributed by atoms with Gasteiger partial charge in [-0.05, 0) is 59.8 Å². The number of benzene rings is 1. The number of allylic oxidation sites excluding steroid dienone is 1. The van der Waals surface area contributed by atoms with Crippen LogP contribution >= 0.6 is 10.9 Å². The predicted octanol–water partition coefficient (Wildman–Crippen LogP) is 3.46. The van der Waals surface area contributed by atoms with Gasteiger partial charge in [0.2, 0.25) is 0 Å². The van der Waals surface area contributed by atoms with Crippen molar-refractivity contribution in [2.24, 2.45) is 5.41 Å². The Kier molecular flexibility index (Phi) is 4.73. The molecule has 2 heterocycles. The van der Waals surface area contributed by atoms with Crippen molar-refractivity contribution < 1.29 is 23.8 Å². The van der Waals surface area contributed by atoms with Crippen molar-refractivity contribution in [3.8, 4) is 5.75 Å². The van der Waals surface area contributed by atoms with Crippen molar-refractivity contribution in [1.82, 2.24) is 0 Å². The third-order valence-corrected chi connectivity index (χ3v) is 6.25. The van der Waals surface area contributed by atoms with Crippen LogP contribution in [0.25, 0.3) is 0 Å². The molecule has 124 valence electrons. The first-order valence-electron chi connectivity index (χ1n) is 7.48. The van der Waals surface area contributed by atoms with E-state index in [1.807, 2.05) is 16.9 Å². The van der Waals surface area contributed by atoms with Gasteiger partial charge in [0.05, 0.1) is 5.41 Å². The van der Waals surface area contributed by atoms with Gasteiger partial charge in [0, 0.05) is 13.2 Å². The first kappa shape index (κ1) is 16.1. The minimum Gasteiger partial charge on any atom is -0.481 e. The van der Waals surface area contributed by atoms with Crippen LogP contribution in [0, 0.1) is 11.2 Å². The van der Waals surface area contributed by atoms with Gasteiger partial charge in [0.25, 0.3) is 0 Å². The van der Waals surface area contributed by atoms with Gasteiger partial charge in [-0.25, -0.2) is 15.3 Å². The maximum atomic E-state index is 12.9. The second kappa shape index (κ2) is 6.76. The molecule has 1 aromatic rings. The van der Waals surface area contributed by atoms with Crippen molar-refractivity contribution >= 4 is 16.9 Å². The lowest BCUT2D eigenvalue weighted by Gasteiger charge is -2.35. The minimum atomic E-state index is -0.738. The standard InChI is InChI=1S/C17H19FO4S/c18-13-1-3-14(4-2-13)22-15-5-10-23(11-15)12-17(16(19)20)6-8-21-9-7-17/h1-5,10-11,23H,6-9,12H2,(H,19,20). The molecule has 1 unspecified atom stereocenters. The van der Waals surface area contributed by atoms with Crippen molar-refractivity contribution in [1.29, 1.82) is 0 Å². The zero-order valence-electron chi connectivity index (χ0n) is 12.6. The minimum absolute atomic E-state index is 0.307. The Bertz CT molecular complexity index is 632. The molecule has 1 N–H and O–H groups in total. The molecule has 0 aromatic heterocycles. The summed E-state index contributed by atoms with van der Waals surface area (Å²) in [7, 11) is -0.669. The van der Waals surface area contributed by atoms with E-state index in [1.54, 1.807) is 12.1 Å². The fraction of sp³-hybridized carbons (Fsp3) is 0.353. The fourth-order valence-corrected chi connectivity index (χ4v) is 5.00. The average molecular weight is 338 g/mol. The lowest BCUT2D eigenvalue weighted by molar-refractivity contribution is -0.152. The van der Waals surface area contributed by atoms with Crippen LogP contribution in [-0.4, -0.2) is 30.0 Å². The van der Waals surface area contributed by atoms with Crippen LogP contribution in [-0.2, 0) is 9.53 Å². The molecule has 1 saturated heterocycles. The molecule has 1 aromatic carbocycles. The number of hydrogen-bond donors (Lipinski definition) is 2. The highest BCUT2D eigenvalue weighted by Crippen LogP contribution is 2.45. The Morgan fingerprint density at radius 3 is 2.65 bits per heavy atom. The van der Waals surface area contributed by atoms with Crippen LogP contribution in [0.4, 0.5) is 4.39 Å². The van der Waals surface area contributed by atoms with Crippen molar-refractivity contribution in [3.63, 3.8) is 0 Å². The van der Waals surface area contributed by atoms with Crippen molar-refractivity contribution in [3.05, 3.63) is 52.7 Å². The van der Waals surface area contributed by atoms with Crippen LogP contribution in [0.5, 0.6) is 5.75 Å². The van der Waals surface area contributed by atoms with Gasteiger partial charge in [-0.15, -0.1) is 0 Å². The van der Waals surface area contributed by atoms with E-state index in [-0.39, 0.29) is 5.82 Å². The van der Waals surface area contributed by atoms with Crippen LogP contribution < -0.4 is 4.74 Å². The van der Waals surface area contributed by atoms with Crippen LogP contribution in [0.2, 0.25) is 0 Å². The molecule has 1 atom stereocenters. The molecule has 0 amide bonds. The monoisotopic (exact) mass is 338 g/mol. The quantitative estimate of drug-likeness (QED) is 0.808. The molecule has 23 heavy (non-hydrogen) atoms. The number of thiol groups is 1. The topological polar surface area (TPSA) is 55.8 Å². The number of aliphatic carboxylic acids is 1. The van der Waals surface area contributed by atoms with Gasteiger partial charge in [-0.1, -0.05) is 0 Å². The van der Waals surface area contributed by atoms with E-state index in [1.165, 1.54) is 12.1 Å². The maximum Gasteiger partial charge on any atom is 0.310 e. The normalized spacial score (nSPS) is 24.2. The smallest absolute Gasteiger partial charge is 0.310 e. The number of carboxylic acid groups (broad SMARTS) is 1. The third-order valence-electron chi connectivity index (χ3n) is 4.16. The van der Waals surface area contributed by atoms with Crippen molar-refractivity contribution in [2.45, 2.75) is 12.8 Å². The van der Waals surface area contributed by atoms with Gasteiger partial charge in [0.15, 0.2) is 0 Å². The Hall–Kier alpha value is -1.79. The highest BCUT2D eigenvalue weighted by molar-refractivity contribution is 8.22. The Labute approximate surface area is 136 Å². The molecule has 0 saturated carbocycles. The summed E-state index contributed by atoms with van der Waals surface area (Å²) >= 11 is 0. The SMILES string of the molecule is O=C(O)C1(C[SH]2C=CC(Oc3ccc(F)cc3)=C2)CCOCC1. The van der Waals surface area contributed by atoms with Crippen LogP contribution in [0.1, 0.15) is 12.8 Å². The van der Waals surface area contributed by atoms with E-state index >= 15 is 0 Å². The van der Waals surface area contributed by atoms with Crippen LogP contribution in [0.3, 0.4) is 0 Å². The number of halogens is 1. The second-order valence-corrected chi connectivity index (χ2v) is 7.67. The molecule has 0 bridgehead atoms. The van der Waals surface area contributed by atoms with E-state index in [4.69, 9.17) is 9.47 Å². The summed E-state index contributed by atoms with van der Waals surface area (Å²) in [6.45, 7) is 1.00. The maximum absolute atomic E-state index is 12.9. The molecular formula is C17H19FO4S. The first-order chi connectivity index (χ1) is 11.1. The number of carboxylic acids is 1. The zero-order chi connectivity index (χ0) is 16.3. The number of hydrogen-bond acceptors (Lipinski definition) is 3. The van der Waals surface area contributed by atoms with Gasteiger partial charge in [-0.2, -0.15) is 0 Å². The number of rotatable bonds is 5. The van der Waals surface area contributed by atoms with Gasteiger partial charge in [0.1, 0.15) is 17.3 Å². The van der Waals surface area contributed by atoms with Gasteiger partial charge >= 0.3 is 5.97 Å². The van der Waals surface area contributed by atoms with Crippen LogP contribution in [0.15, 0.2) is 46.9 Å². The molecule has 6 heteroatoms. The van der Waals surface area contributed by atoms with E-state index in [0.29, 0.717) is 43.3 Å². The summed E-state index contributed by atoms with van der Waals surface area (Å²) in [6.07, 6.45) is 2.97. The number of ether oxygens (including phenoxy) is 2. The average Bonchev–Trinajstić information content (AvgIpc) is 2.97. The lowest BCUT2D eigenvalue weighted by atomic mass is 9.82. The largest absolute Gasteiger partial charge is 0.481 e. The fourth-order valence-electron chi connectivity index (χ4n) is 2.77. The summed E-state index contributed by atoms with van der Waals surface area (Å²) in [6, 6.07) is 5.83. The Morgan fingerprint density at radius 2 is 2.00 bits per heavy atom. The number of carbonyl (C=O) groups is 1. The van der Waals surface area contributed by atoms with Gasteiger partial charge in [-0.3, -0.25) is 4.79 Å². The van der Waals surface area contributed by atoms with Crippen molar-refractivity contribution in [2.75, 3.05) is 19.0 Å². The molecule has 0 aliphatic carbocycles. The van der Waals surface area contributed by atoms with E-state index in [0.717, 1.165) is 0 Å². The molecule has 0 radical (unpaired) electrons. The predicted molar refractivity (Wildman–Crippen MR) is 88.2 cm³/mol. The molecule has 4 nitrogen and oxygen atoms in total. The second-order valence-electron chi connectivity index (χ2n) is 5.77. The highest BCUT2D eigenvalue weighted by atomic mass is 32.2. The highest BCUT2D eigenvalue weighted by Gasteiger charge is 2.41.